The Morgan fingerprint density at radius 3 is 2.33 bits per heavy atom. The maximum absolute atomic E-state index is 13.2. The van der Waals surface area contributed by atoms with E-state index in [-0.39, 0.29) is 23.0 Å². The van der Waals surface area contributed by atoms with Gasteiger partial charge in [0.25, 0.3) is 0 Å². The van der Waals surface area contributed by atoms with Crippen LogP contribution in [0.25, 0.3) is 10.8 Å². The Bertz CT molecular complexity index is 1210. The van der Waals surface area contributed by atoms with Crippen molar-refractivity contribution in [1.82, 2.24) is 10.0 Å². The van der Waals surface area contributed by atoms with E-state index in [1.807, 2.05) is 6.07 Å². The van der Waals surface area contributed by atoms with Crippen LogP contribution in [0.1, 0.15) is 44.2 Å². The smallest absolute Gasteiger partial charge is 0.241 e. The number of ether oxygens (including phenoxy) is 2. The molecule has 2 unspecified atom stereocenters. The largest absolute Gasteiger partial charge is 0.493 e. The molecule has 33 heavy (non-hydrogen) atoms. The second kappa shape index (κ2) is 10.1. The van der Waals surface area contributed by atoms with E-state index >= 15 is 0 Å². The first-order valence-corrected chi connectivity index (χ1v) is 12.9. The van der Waals surface area contributed by atoms with Crippen molar-refractivity contribution < 1.29 is 17.9 Å². The first-order valence-electron chi connectivity index (χ1n) is 11.4. The summed E-state index contributed by atoms with van der Waals surface area (Å²) in [5, 5.41) is 6.15. The Morgan fingerprint density at radius 2 is 1.58 bits per heavy atom. The van der Waals surface area contributed by atoms with Crippen molar-refractivity contribution >= 4 is 20.8 Å². The lowest BCUT2D eigenvalue weighted by atomic mass is 9.89. The third kappa shape index (κ3) is 5.16. The molecule has 0 amide bonds. The average molecular weight is 469 g/mol. The van der Waals surface area contributed by atoms with Crippen molar-refractivity contribution in [2.45, 2.75) is 55.6 Å². The zero-order valence-electron chi connectivity index (χ0n) is 19.4. The molecule has 0 radical (unpaired) electrons. The van der Waals surface area contributed by atoms with Crippen LogP contribution < -0.4 is 19.5 Å². The van der Waals surface area contributed by atoms with Gasteiger partial charge in [-0.15, -0.1) is 0 Å². The summed E-state index contributed by atoms with van der Waals surface area (Å²) in [6.07, 6.45) is 3.80. The number of sulfonamides is 1. The van der Waals surface area contributed by atoms with Crippen LogP contribution in [0.3, 0.4) is 0 Å². The van der Waals surface area contributed by atoms with Crippen LogP contribution in [0.5, 0.6) is 11.5 Å². The first kappa shape index (κ1) is 23.5. The second-order valence-corrected chi connectivity index (χ2v) is 10.3. The van der Waals surface area contributed by atoms with Gasteiger partial charge in [-0.3, -0.25) is 0 Å². The number of hydrogen-bond donors (Lipinski definition) is 2. The highest BCUT2D eigenvalue weighted by Gasteiger charge is 2.31. The number of fused-ring (bicyclic) bond motifs is 1. The lowest BCUT2D eigenvalue weighted by molar-refractivity contribution is 0.291. The molecule has 7 heteroatoms. The van der Waals surface area contributed by atoms with Crippen molar-refractivity contribution in [2.75, 3.05) is 14.2 Å². The van der Waals surface area contributed by atoms with E-state index in [9.17, 15) is 8.42 Å². The summed E-state index contributed by atoms with van der Waals surface area (Å²) in [6, 6.07) is 19.3. The number of hydrogen-bond acceptors (Lipinski definition) is 5. The van der Waals surface area contributed by atoms with Gasteiger partial charge in [-0.1, -0.05) is 55.3 Å². The second-order valence-electron chi connectivity index (χ2n) is 8.59. The quantitative estimate of drug-likeness (QED) is 0.497. The molecule has 0 aromatic heterocycles. The fourth-order valence-electron chi connectivity index (χ4n) is 4.76. The third-order valence-corrected chi connectivity index (χ3v) is 7.98. The molecule has 176 valence electrons. The van der Waals surface area contributed by atoms with Crippen molar-refractivity contribution in [2.24, 2.45) is 0 Å². The van der Waals surface area contributed by atoms with Gasteiger partial charge in [-0.05, 0) is 48.2 Å². The number of benzene rings is 3. The van der Waals surface area contributed by atoms with E-state index in [4.69, 9.17) is 9.47 Å². The molecule has 4 rings (SSSR count). The number of nitrogens with one attached hydrogen (secondary N) is 2. The molecule has 2 N–H and O–H groups in total. The van der Waals surface area contributed by atoms with Crippen molar-refractivity contribution in [1.29, 1.82) is 0 Å². The predicted octanol–water partition coefficient (Wildman–Crippen LogP) is 4.80. The molecule has 0 heterocycles. The molecule has 1 aliphatic carbocycles. The summed E-state index contributed by atoms with van der Waals surface area (Å²) in [7, 11) is -0.686. The van der Waals surface area contributed by atoms with E-state index in [1.54, 1.807) is 12.1 Å². The maximum Gasteiger partial charge on any atom is 0.241 e. The standard InChI is InChI=1S/C26H32N2O4S/c1-18(21-12-8-10-19-9-4-5-11-22(19)21)27-23-13-6-7-14-24(23)28-33(29,30)20-15-16-25(31-2)26(17-20)32-3/h4-5,8-12,15-18,23-24,27-28H,6-7,13-14H2,1-3H3/t18?,23-,24?/m0/s1. The topological polar surface area (TPSA) is 76.7 Å². The van der Waals surface area contributed by atoms with Crippen LogP contribution in [0.15, 0.2) is 65.6 Å². The summed E-state index contributed by atoms with van der Waals surface area (Å²) < 4.78 is 39.9. The molecule has 1 aliphatic rings. The molecular formula is C26H32N2O4S. The zero-order valence-corrected chi connectivity index (χ0v) is 20.2. The summed E-state index contributed by atoms with van der Waals surface area (Å²) in [5.74, 6) is 0.890. The van der Waals surface area contributed by atoms with E-state index in [0.29, 0.717) is 11.5 Å². The molecule has 1 fully saturated rings. The van der Waals surface area contributed by atoms with Crippen molar-refractivity contribution in [3.05, 3.63) is 66.2 Å². The Kier molecular flexibility index (Phi) is 7.22. The van der Waals surface area contributed by atoms with Crippen LogP contribution in [0, 0.1) is 0 Å². The highest BCUT2D eigenvalue weighted by molar-refractivity contribution is 7.89. The maximum atomic E-state index is 13.2. The van der Waals surface area contributed by atoms with E-state index < -0.39 is 10.0 Å². The van der Waals surface area contributed by atoms with Gasteiger partial charge in [0.2, 0.25) is 10.0 Å². The first-order chi connectivity index (χ1) is 15.9. The summed E-state index contributed by atoms with van der Waals surface area (Å²) in [5.41, 5.74) is 1.22. The minimum atomic E-state index is -3.71. The molecule has 3 aromatic rings. The average Bonchev–Trinajstić information content (AvgIpc) is 2.84. The van der Waals surface area contributed by atoms with Gasteiger partial charge in [-0.2, -0.15) is 0 Å². The van der Waals surface area contributed by atoms with Gasteiger partial charge in [0, 0.05) is 24.2 Å². The third-order valence-electron chi connectivity index (χ3n) is 6.49. The van der Waals surface area contributed by atoms with E-state index in [0.717, 1.165) is 25.7 Å². The Morgan fingerprint density at radius 1 is 0.879 bits per heavy atom. The number of methoxy groups -OCH3 is 2. The Labute approximate surface area is 196 Å². The van der Waals surface area contributed by atoms with Crippen LogP contribution in [0.4, 0.5) is 0 Å². The molecule has 0 spiro atoms. The van der Waals surface area contributed by atoms with Crippen molar-refractivity contribution in [3.63, 3.8) is 0 Å². The molecule has 0 aliphatic heterocycles. The minimum absolute atomic E-state index is 0.0441. The minimum Gasteiger partial charge on any atom is -0.493 e. The lowest BCUT2D eigenvalue weighted by Crippen LogP contribution is -2.52. The van der Waals surface area contributed by atoms with Gasteiger partial charge in [-0.25, -0.2) is 13.1 Å². The Balaban J connectivity index is 1.54. The lowest BCUT2D eigenvalue weighted by Gasteiger charge is -2.35. The Hall–Kier alpha value is -2.61. The highest BCUT2D eigenvalue weighted by atomic mass is 32.2. The number of rotatable bonds is 8. The van der Waals surface area contributed by atoms with Crippen LogP contribution in [-0.2, 0) is 10.0 Å². The van der Waals surface area contributed by atoms with Gasteiger partial charge in [0.05, 0.1) is 19.1 Å². The van der Waals surface area contributed by atoms with E-state index in [1.165, 1.54) is 36.6 Å². The molecule has 0 bridgehead atoms. The monoisotopic (exact) mass is 468 g/mol. The van der Waals surface area contributed by atoms with Gasteiger partial charge in [0.15, 0.2) is 11.5 Å². The summed E-state index contributed by atoms with van der Waals surface area (Å²) in [4.78, 5) is 0.173. The van der Waals surface area contributed by atoms with E-state index in [2.05, 4.69) is 53.4 Å². The molecule has 3 atom stereocenters. The molecular weight excluding hydrogens is 436 g/mol. The predicted molar refractivity (Wildman–Crippen MR) is 131 cm³/mol. The summed E-state index contributed by atoms with van der Waals surface area (Å²) in [6.45, 7) is 2.15. The van der Waals surface area contributed by atoms with Gasteiger partial charge < -0.3 is 14.8 Å². The molecule has 0 saturated heterocycles. The SMILES string of the molecule is COc1ccc(S(=O)(=O)NC2CCCC[C@@H]2NC(C)c2cccc3ccccc23)cc1OC. The molecule has 6 nitrogen and oxygen atoms in total. The fourth-order valence-corrected chi connectivity index (χ4v) is 6.09. The zero-order chi connectivity index (χ0) is 23.4. The molecule has 3 aromatic carbocycles. The van der Waals surface area contributed by atoms with Crippen molar-refractivity contribution in [3.8, 4) is 11.5 Å². The highest BCUT2D eigenvalue weighted by Crippen LogP contribution is 2.31. The van der Waals surface area contributed by atoms with Gasteiger partial charge >= 0.3 is 0 Å². The van der Waals surface area contributed by atoms with Crippen LogP contribution in [0.2, 0.25) is 0 Å². The molecule has 1 saturated carbocycles. The van der Waals surface area contributed by atoms with Gasteiger partial charge in [0.1, 0.15) is 0 Å². The van der Waals surface area contributed by atoms with Crippen LogP contribution >= 0.6 is 0 Å². The van der Waals surface area contributed by atoms with Crippen LogP contribution in [-0.4, -0.2) is 34.7 Å². The fraction of sp³-hybridized carbons (Fsp3) is 0.385. The normalized spacial score (nSPS) is 19.8. The summed E-state index contributed by atoms with van der Waals surface area (Å²) >= 11 is 0.